The van der Waals surface area contributed by atoms with Crippen LogP contribution in [0.2, 0.25) is 10.0 Å². The number of halogens is 3. The Kier molecular flexibility index (Phi) is 9.40. The second kappa shape index (κ2) is 9.58. The first kappa shape index (κ1) is 20.6. The fourth-order valence-electron chi connectivity index (χ4n) is 1.46. The van der Waals surface area contributed by atoms with Crippen molar-refractivity contribution in [3.05, 3.63) is 28.2 Å². The number of guanidine groups is 1. The molecule has 0 fully saturated rings. The molecule has 0 bridgehead atoms. The molecule has 0 aromatic heterocycles. The van der Waals surface area contributed by atoms with Crippen LogP contribution in [0.25, 0.3) is 0 Å². The summed E-state index contributed by atoms with van der Waals surface area (Å²) < 4.78 is 5.55. The third-order valence-electron chi connectivity index (χ3n) is 2.24. The van der Waals surface area contributed by atoms with Crippen LogP contribution in [0.3, 0.4) is 0 Å². The summed E-state index contributed by atoms with van der Waals surface area (Å²) >= 11 is 11.8. The van der Waals surface area contributed by atoms with E-state index >= 15 is 0 Å². The molecule has 3 N–H and O–H groups in total. The quantitative estimate of drug-likeness (QED) is 0.310. The Labute approximate surface area is 153 Å². The number of hydrogen-bond donors (Lipinski definition) is 2. The van der Waals surface area contributed by atoms with Crippen LogP contribution in [0.4, 0.5) is 0 Å². The second-order valence-corrected chi connectivity index (χ2v) is 6.26. The molecule has 1 aromatic carbocycles. The lowest BCUT2D eigenvalue weighted by atomic mass is 10.1. The molecule has 0 aliphatic rings. The van der Waals surface area contributed by atoms with Gasteiger partial charge < -0.3 is 15.8 Å². The standard InChI is InChI=1S/C14H21Cl2N3O.HI/c1-14(2,3)19-13(17)18-7-4-8-20-12-6-5-10(15)9-11(12)16;/h5-6,9H,4,7-8H2,1-3H3,(H3,17,18,19);1H. The zero-order valence-corrected chi connectivity index (χ0v) is 16.3. The molecule has 1 rings (SSSR count). The van der Waals surface area contributed by atoms with Gasteiger partial charge in [-0.2, -0.15) is 0 Å². The van der Waals surface area contributed by atoms with E-state index in [-0.39, 0.29) is 29.5 Å². The Morgan fingerprint density at radius 2 is 2.00 bits per heavy atom. The molecular weight excluding hydrogens is 424 g/mol. The minimum absolute atomic E-state index is 0. The summed E-state index contributed by atoms with van der Waals surface area (Å²) in [6.07, 6.45) is 0.755. The van der Waals surface area contributed by atoms with E-state index in [9.17, 15) is 0 Å². The van der Waals surface area contributed by atoms with Crippen LogP contribution in [0.1, 0.15) is 27.2 Å². The van der Waals surface area contributed by atoms with Gasteiger partial charge in [0.25, 0.3) is 0 Å². The summed E-state index contributed by atoms with van der Waals surface area (Å²) in [6, 6.07) is 5.15. The molecule has 1 aromatic rings. The Hall–Kier alpha value is -0.400. The molecule has 0 radical (unpaired) electrons. The molecular formula is C14H22Cl2IN3O. The smallest absolute Gasteiger partial charge is 0.188 e. The number of nitrogens with two attached hydrogens (primary N) is 1. The van der Waals surface area contributed by atoms with Gasteiger partial charge in [-0.3, -0.25) is 4.99 Å². The lowest BCUT2D eigenvalue weighted by Crippen LogP contribution is -2.45. The van der Waals surface area contributed by atoms with Gasteiger partial charge in [-0.25, -0.2) is 0 Å². The molecule has 0 saturated carbocycles. The Morgan fingerprint density at radius 1 is 1.33 bits per heavy atom. The van der Waals surface area contributed by atoms with Gasteiger partial charge >= 0.3 is 0 Å². The third kappa shape index (κ3) is 9.26. The number of hydrogen-bond acceptors (Lipinski definition) is 2. The summed E-state index contributed by atoms with van der Waals surface area (Å²) in [5.74, 6) is 1.07. The molecule has 7 heteroatoms. The normalized spacial score (nSPS) is 11.8. The maximum Gasteiger partial charge on any atom is 0.188 e. The molecule has 0 saturated heterocycles. The van der Waals surface area contributed by atoms with E-state index in [1.807, 2.05) is 20.8 Å². The highest BCUT2D eigenvalue weighted by molar-refractivity contribution is 14.0. The fourth-order valence-corrected chi connectivity index (χ4v) is 1.93. The van der Waals surface area contributed by atoms with Gasteiger partial charge in [0.15, 0.2) is 5.96 Å². The van der Waals surface area contributed by atoms with Crippen molar-refractivity contribution in [2.24, 2.45) is 10.7 Å². The maximum atomic E-state index is 6.00. The topological polar surface area (TPSA) is 59.6 Å². The van der Waals surface area contributed by atoms with Crippen LogP contribution in [0.15, 0.2) is 23.2 Å². The highest BCUT2D eigenvalue weighted by Crippen LogP contribution is 2.27. The maximum absolute atomic E-state index is 6.00. The number of aliphatic imine (C=N–C) groups is 1. The van der Waals surface area contributed by atoms with Crippen molar-refractivity contribution in [2.75, 3.05) is 13.2 Å². The van der Waals surface area contributed by atoms with Crippen molar-refractivity contribution in [2.45, 2.75) is 32.7 Å². The van der Waals surface area contributed by atoms with Gasteiger partial charge in [-0.1, -0.05) is 23.2 Å². The number of benzene rings is 1. The van der Waals surface area contributed by atoms with Crippen molar-refractivity contribution < 1.29 is 4.74 Å². The monoisotopic (exact) mass is 445 g/mol. The van der Waals surface area contributed by atoms with E-state index in [1.165, 1.54) is 0 Å². The summed E-state index contributed by atoms with van der Waals surface area (Å²) in [4.78, 5) is 4.23. The van der Waals surface area contributed by atoms with Crippen LogP contribution in [-0.4, -0.2) is 24.7 Å². The highest BCUT2D eigenvalue weighted by atomic mass is 127. The molecule has 21 heavy (non-hydrogen) atoms. The van der Waals surface area contributed by atoms with E-state index in [2.05, 4.69) is 10.3 Å². The fraction of sp³-hybridized carbons (Fsp3) is 0.500. The van der Waals surface area contributed by atoms with E-state index in [0.29, 0.717) is 34.9 Å². The minimum Gasteiger partial charge on any atom is -0.492 e. The number of nitrogens with zero attached hydrogens (tertiary/aromatic N) is 1. The van der Waals surface area contributed by atoms with Crippen molar-refractivity contribution in [3.8, 4) is 5.75 Å². The summed E-state index contributed by atoms with van der Waals surface area (Å²) in [7, 11) is 0. The zero-order chi connectivity index (χ0) is 15.2. The molecule has 0 amide bonds. The Balaban J connectivity index is 0.00000400. The predicted octanol–water partition coefficient (Wildman–Crippen LogP) is 4.08. The minimum atomic E-state index is -0.0824. The van der Waals surface area contributed by atoms with Crippen LogP contribution >= 0.6 is 47.2 Å². The van der Waals surface area contributed by atoms with Gasteiger partial charge in [0.2, 0.25) is 0 Å². The average molecular weight is 446 g/mol. The first-order valence-corrected chi connectivity index (χ1v) is 7.19. The molecule has 0 aliphatic carbocycles. The summed E-state index contributed by atoms with van der Waals surface area (Å²) in [5.41, 5.74) is 5.67. The number of rotatable bonds is 5. The third-order valence-corrected chi connectivity index (χ3v) is 2.77. The van der Waals surface area contributed by atoms with Gasteiger partial charge in [0.1, 0.15) is 5.75 Å². The van der Waals surface area contributed by atoms with Crippen LogP contribution in [0.5, 0.6) is 5.75 Å². The molecule has 0 atom stereocenters. The van der Waals surface area contributed by atoms with Crippen molar-refractivity contribution >= 4 is 53.1 Å². The number of nitrogens with one attached hydrogen (secondary N) is 1. The van der Waals surface area contributed by atoms with Gasteiger partial charge in [-0.05, 0) is 39.0 Å². The van der Waals surface area contributed by atoms with E-state index in [0.717, 1.165) is 6.42 Å². The van der Waals surface area contributed by atoms with E-state index in [4.69, 9.17) is 33.7 Å². The number of ether oxygens (including phenoxy) is 1. The van der Waals surface area contributed by atoms with Crippen LogP contribution < -0.4 is 15.8 Å². The van der Waals surface area contributed by atoms with Gasteiger partial charge in [-0.15, -0.1) is 24.0 Å². The lowest BCUT2D eigenvalue weighted by Gasteiger charge is -2.20. The van der Waals surface area contributed by atoms with Crippen LogP contribution in [-0.2, 0) is 0 Å². The van der Waals surface area contributed by atoms with Gasteiger partial charge in [0, 0.05) is 23.5 Å². The highest BCUT2D eigenvalue weighted by Gasteiger charge is 2.09. The Morgan fingerprint density at radius 3 is 2.57 bits per heavy atom. The molecule has 0 spiro atoms. The van der Waals surface area contributed by atoms with E-state index in [1.54, 1.807) is 18.2 Å². The lowest BCUT2D eigenvalue weighted by molar-refractivity contribution is 0.313. The first-order valence-electron chi connectivity index (χ1n) is 6.44. The molecule has 120 valence electrons. The van der Waals surface area contributed by atoms with Crippen LogP contribution in [0, 0.1) is 0 Å². The largest absolute Gasteiger partial charge is 0.492 e. The summed E-state index contributed by atoms with van der Waals surface area (Å²) in [5, 5.41) is 4.19. The SMILES string of the molecule is CC(C)(C)NC(N)=NCCCOc1ccc(Cl)cc1Cl.I. The molecule has 0 unspecified atom stereocenters. The first-order chi connectivity index (χ1) is 9.28. The zero-order valence-electron chi connectivity index (χ0n) is 12.5. The van der Waals surface area contributed by atoms with Crippen molar-refractivity contribution in [1.29, 1.82) is 0 Å². The molecule has 0 heterocycles. The van der Waals surface area contributed by atoms with Crippen molar-refractivity contribution in [1.82, 2.24) is 5.32 Å². The second-order valence-electron chi connectivity index (χ2n) is 5.42. The molecule has 4 nitrogen and oxygen atoms in total. The molecule has 0 aliphatic heterocycles. The van der Waals surface area contributed by atoms with Gasteiger partial charge in [0.05, 0.1) is 11.6 Å². The van der Waals surface area contributed by atoms with E-state index < -0.39 is 0 Å². The Bertz CT molecular complexity index is 476. The van der Waals surface area contributed by atoms with Crippen molar-refractivity contribution in [3.63, 3.8) is 0 Å². The average Bonchev–Trinajstić information content (AvgIpc) is 2.28. The summed E-state index contributed by atoms with van der Waals surface area (Å²) in [6.45, 7) is 7.21. The predicted molar refractivity (Wildman–Crippen MR) is 101 cm³/mol.